The van der Waals surface area contributed by atoms with Gasteiger partial charge in [-0.25, -0.2) is 0 Å². The minimum absolute atomic E-state index is 0.0372. The highest BCUT2D eigenvalue weighted by atomic mass is 19.4. The summed E-state index contributed by atoms with van der Waals surface area (Å²) in [6.07, 6.45) is -7.38. The number of amides is 1. The van der Waals surface area contributed by atoms with E-state index in [9.17, 15) is 31.1 Å². The molecule has 2 aromatic carbocycles. The van der Waals surface area contributed by atoms with Crippen molar-refractivity contribution < 1.29 is 31.1 Å². The number of rotatable bonds is 5. The quantitative estimate of drug-likeness (QED) is 0.574. The number of halogens is 6. The van der Waals surface area contributed by atoms with Crippen molar-refractivity contribution in [2.75, 3.05) is 11.4 Å². The molecular weight excluding hydrogens is 434 g/mol. The fraction of sp³-hybridized carbons (Fsp3) is 0.435. The van der Waals surface area contributed by atoms with Crippen LogP contribution in [0.4, 0.5) is 32.0 Å². The Hall–Kier alpha value is -2.55. The summed E-state index contributed by atoms with van der Waals surface area (Å²) in [7, 11) is 0. The van der Waals surface area contributed by atoms with E-state index < -0.39 is 23.5 Å². The monoisotopic (exact) mass is 458 g/mol. The zero-order valence-electron chi connectivity index (χ0n) is 17.2. The van der Waals surface area contributed by atoms with Gasteiger partial charge in [0.2, 0.25) is 5.91 Å². The molecule has 1 saturated carbocycles. The summed E-state index contributed by atoms with van der Waals surface area (Å²) < 4.78 is 79.0. The summed E-state index contributed by atoms with van der Waals surface area (Å²) in [6, 6.07) is 10.2. The van der Waals surface area contributed by atoms with Crippen LogP contribution in [-0.2, 0) is 23.6 Å². The Kier molecular flexibility index (Phi) is 7.17. The van der Waals surface area contributed by atoms with Gasteiger partial charge in [-0.2, -0.15) is 26.3 Å². The van der Waals surface area contributed by atoms with Crippen molar-refractivity contribution in [2.24, 2.45) is 11.7 Å². The van der Waals surface area contributed by atoms with Gasteiger partial charge >= 0.3 is 12.4 Å². The molecule has 32 heavy (non-hydrogen) atoms. The maximum Gasteiger partial charge on any atom is 0.416 e. The van der Waals surface area contributed by atoms with Crippen molar-refractivity contribution >= 4 is 11.6 Å². The molecule has 0 unspecified atom stereocenters. The molecule has 9 heteroatoms. The van der Waals surface area contributed by atoms with Crippen LogP contribution in [0.3, 0.4) is 0 Å². The third-order valence-electron chi connectivity index (χ3n) is 5.73. The van der Waals surface area contributed by atoms with Crippen LogP contribution in [0.5, 0.6) is 0 Å². The number of carbonyl (C=O) groups excluding carboxylic acids is 1. The van der Waals surface area contributed by atoms with Crippen LogP contribution in [0.15, 0.2) is 48.5 Å². The van der Waals surface area contributed by atoms with Gasteiger partial charge in [-0.3, -0.25) is 4.79 Å². The standard InChI is InChI=1S/C23H24F6N2O/c24-22(25,26)17-12-15(13-18(14-17)23(27,28)29)10-11-31(20-4-2-1-3-5-20)21(32)16-6-8-19(30)9-7-16/h1-5,12-14,16,19H,6-11,30H2. The molecule has 1 fully saturated rings. The molecule has 0 radical (unpaired) electrons. The fourth-order valence-electron chi connectivity index (χ4n) is 3.97. The molecule has 0 spiro atoms. The highest BCUT2D eigenvalue weighted by molar-refractivity contribution is 5.95. The molecule has 0 atom stereocenters. The molecule has 1 aliphatic rings. The van der Waals surface area contributed by atoms with E-state index in [4.69, 9.17) is 5.73 Å². The van der Waals surface area contributed by atoms with Crippen LogP contribution in [0.1, 0.15) is 42.4 Å². The molecule has 0 heterocycles. The van der Waals surface area contributed by atoms with Crippen LogP contribution in [0.25, 0.3) is 0 Å². The van der Waals surface area contributed by atoms with Gasteiger partial charge in [-0.05, 0) is 68.0 Å². The van der Waals surface area contributed by atoms with E-state index in [2.05, 4.69) is 0 Å². The number of benzene rings is 2. The highest BCUT2D eigenvalue weighted by Gasteiger charge is 2.37. The minimum Gasteiger partial charge on any atom is -0.328 e. The first-order valence-electron chi connectivity index (χ1n) is 10.4. The van der Waals surface area contributed by atoms with E-state index in [0.717, 1.165) is 0 Å². The lowest BCUT2D eigenvalue weighted by atomic mass is 9.85. The lowest BCUT2D eigenvalue weighted by Crippen LogP contribution is -2.40. The van der Waals surface area contributed by atoms with Gasteiger partial charge in [-0.1, -0.05) is 18.2 Å². The predicted molar refractivity (Wildman–Crippen MR) is 109 cm³/mol. The first kappa shape index (κ1) is 24.1. The minimum atomic E-state index is -4.91. The third-order valence-corrected chi connectivity index (χ3v) is 5.73. The van der Waals surface area contributed by atoms with Gasteiger partial charge in [0.25, 0.3) is 0 Å². The maximum atomic E-state index is 13.2. The van der Waals surface area contributed by atoms with Crippen LogP contribution < -0.4 is 10.6 Å². The summed E-state index contributed by atoms with van der Waals surface area (Å²) in [4.78, 5) is 14.7. The summed E-state index contributed by atoms with van der Waals surface area (Å²) in [5, 5.41) is 0. The number of carbonyl (C=O) groups is 1. The second kappa shape index (κ2) is 9.52. The average Bonchev–Trinajstić information content (AvgIpc) is 2.73. The van der Waals surface area contributed by atoms with Crippen molar-refractivity contribution in [1.82, 2.24) is 0 Å². The first-order chi connectivity index (χ1) is 14.9. The predicted octanol–water partition coefficient (Wildman–Crippen LogP) is 5.82. The van der Waals surface area contributed by atoms with Gasteiger partial charge < -0.3 is 10.6 Å². The Balaban J connectivity index is 1.87. The first-order valence-corrected chi connectivity index (χ1v) is 10.4. The second-order valence-corrected chi connectivity index (χ2v) is 8.10. The maximum absolute atomic E-state index is 13.2. The van der Waals surface area contributed by atoms with E-state index in [1.165, 1.54) is 4.90 Å². The van der Waals surface area contributed by atoms with Crippen LogP contribution in [0, 0.1) is 5.92 Å². The van der Waals surface area contributed by atoms with Crippen LogP contribution >= 0.6 is 0 Å². The number of anilines is 1. The van der Waals surface area contributed by atoms with E-state index in [-0.39, 0.29) is 42.5 Å². The molecule has 1 aliphatic carbocycles. The van der Waals surface area contributed by atoms with Crippen molar-refractivity contribution in [1.29, 1.82) is 0 Å². The van der Waals surface area contributed by atoms with Gasteiger partial charge in [-0.15, -0.1) is 0 Å². The highest BCUT2D eigenvalue weighted by Crippen LogP contribution is 2.36. The fourth-order valence-corrected chi connectivity index (χ4v) is 3.97. The van der Waals surface area contributed by atoms with Crippen molar-refractivity contribution in [3.63, 3.8) is 0 Å². The summed E-state index contributed by atoms with van der Waals surface area (Å²) in [6.45, 7) is -0.0377. The number of nitrogens with two attached hydrogens (primary N) is 1. The van der Waals surface area contributed by atoms with E-state index in [1.807, 2.05) is 0 Å². The SMILES string of the molecule is NC1CCC(C(=O)N(CCc2cc(C(F)(F)F)cc(C(F)(F)F)c2)c2ccccc2)CC1. The second-order valence-electron chi connectivity index (χ2n) is 8.10. The largest absolute Gasteiger partial charge is 0.416 e. The number of nitrogens with zero attached hydrogens (tertiary/aromatic N) is 1. The van der Waals surface area contributed by atoms with Gasteiger partial charge in [0.05, 0.1) is 11.1 Å². The van der Waals surface area contributed by atoms with Gasteiger partial charge in [0.1, 0.15) is 0 Å². The summed E-state index contributed by atoms with van der Waals surface area (Å²) in [5.74, 6) is -0.464. The molecule has 0 bridgehead atoms. The Morgan fingerprint density at radius 2 is 1.41 bits per heavy atom. The van der Waals surface area contributed by atoms with E-state index >= 15 is 0 Å². The molecule has 2 aromatic rings. The number of alkyl halides is 6. The van der Waals surface area contributed by atoms with Crippen molar-refractivity contribution in [3.8, 4) is 0 Å². The molecule has 3 rings (SSSR count). The molecule has 3 nitrogen and oxygen atoms in total. The Morgan fingerprint density at radius 3 is 1.91 bits per heavy atom. The molecule has 1 amide bonds. The van der Waals surface area contributed by atoms with E-state index in [0.29, 0.717) is 43.5 Å². The molecular formula is C23H24F6N2O. The van der Waals surface area contributed by atoms with E-state index in [1.54, 1.807) is 30.3 Å². The van der Waals surface area contributed by atoms with Crippen molar-refractivity contribution in [3.05, 3.63) is 65.2 Å². The number of para-hydroxylation sites is 1. The molecule has 2 N–H and O–H groups in total. The van der Waals surface area contributed by atoms with Gasteiger partial charge in [0.15, 0.2) is 0 Å². The average molecular weight is 458 g/mol. The van der Waals surface area contributed by atoms with Crippen LogP contribution in [-0.4, -0.2) is 18.5 Å². The van der Waals surface area contributed by atoms with Crippen molar-refractivity contribution in [2.45, 2.75) is 50.5 Å². The molecule has 0 aromatic heterocycles. The number of hydrogen-bond donors (Lipinski definition) is 1. The Morgan fingerprint density at radius 1 is 0.875 bits per heavy atom. The molecule has 174 valence electrons. The Bertz CT molecular complexity index is 886. The number of hydrogen-bond acceptors (Lipinski definition) is 2. The zero-order valence-corrected chi connectivity index (χ0v) is 17.2. The molecule has 0 aliphatic heterocycles. The topological polar surface area (TPSA) is 46.3 Å². The smallest absolute Gasteiger partial charge is 0.328 e. The Labute approximate surface area is 182 Å². The van der Waals surface area contributed by atoms with Gasteiger partial charge in [0, 0.05) is 24.2 Å². The lowest BCUT2D eigenvalue weighted by molar-refractivity contribution is -0.143. The van der Waals surface area contributed by atoms with Crippen LogP contribution in [0.2, 0.25) is 0 Å². The third kappa shape index (κ3) is 6.03. The lowest BCUT2D eigenvalue weighted by Gasteiger charge is -2.31. The summed E-state index contributed by atoms with van der Waals surface area (Å²) >= 11 is 0. The summed E-state index contributed by atoms with van der Waals surface area (Å²) in [5.41, 5.74) is 3.61. The normalized spacial score (nSPS) is 19.6. The zero-order chi connectivity index (χ0) is 23.5. The molecule has 0 saturated heterocycles.